The van der Waals surface area contributed by atoms with E-state index in [4.69, 9.17) is 14.0 Å². The molecule has 0 aliphatic carbocycles. The molecule has 0 spiro atoms. The minimum atomic E-state index is -4.02. The van der Waals surface area contributed by atoms with Crippen LogP contribution in [0.4, 0.5) is 0 Å². The molecule has 1 aliphatic rings. The molecule has 1 aromatic carbocycles. The number of aromatic nitrogens is 1. The van der Waals surface area contributed by atoms with Gasteiger partial charge in [-0.15, -0.1) is 0 Å². The molecule has 142 valence electrons. The second kappa shape index (κ2) is 8.98. The summed E-state index contributed by atoms with van der Waals surface area (Å²) in [5.74, 6) is 1.50. The second-order valence-corrected chi connectivity index (χ2v) is 7.50. The van der Waals surface area contributed by atoms with Gasteiger partial charge < -0.3 is 9.47 Å². The van der Waals surface area contributed by atoms with E-state index in [1.165, 1.54) is 25.1 Å². The van der Waals surface area contributed by atoms with Gasteiger partial charge in [-0.3, -0.25) is 14.4 Å². The first-order chi connectivity index (χ1) is 12.3. The van der Waals surface area contributed by atoms with Crippen LogP contribution in [0.2, 0.25) is 0 Å². The maximum atomic E-state index is 10.5. The summed E-state index contributed by atoms with van der Waals surface area (Å²) >= 11 is 0. The highest BCUT2D eigenvalue weighted by atomic mass is 32.2. The van der Waals surface area contributed by atoms with Crippen molar-refractivity contribution < 1.29 is 22.4 Å². The number of hydrogen-bond donors (Lipinski definition) is 1. The van der Waals surface area contributed by atoms with Crippen molar-refractivity contribution in [3.8, 4) is 11.5 Å². The monoisotopic (exact) mass is 380 g/mol. The fraction of sp³-hybridized carbons (Fsp3) is 0.389. The Morgan fingerprint density at radius 1 is 1.23 bits per heavy atom. The van der Waals surface area contributed by atoms with Gasteiger partial charge in [0.05, 0.1) is 24.4 Å². The molecule has 1 aliphatic heterocycles. The molecule has 1 saturated heterocycles. The number of hydrogen-bond acceptors (Lipinski definition) is 6. The molecular formula is C18H24N2O5S. The zero-order valence-electron chi connectivity index (χ0n) is 15.1. The van der Waals surface area contributed by atoms with Crippen LogP contribution in [-0.4, -0.2) is 56.2 Å². The van der Waals surface area contributed by atoms with Gasteiger partial charge in [-0.2, -0.15) is 8.42 Å². The zero-order valence-corrected chi connectivity index (χ0v) is 15.9. The predicted octanol–water partition coefficient (Wildman–Crippen LogP) is 2.41. The van der Waals surface area contributed by atoms with Crippen molar-refractivity contribution in [1.29, 1.82) is 0 Å². The summed E-state index contributed by atoms with van der Waals surface area (Å²) in [5, 5.41) is 0. The van der Waals surface area contributed by atoms with E-state index in [9.17, 15) is 8.42 Å². The minimum Gasteiger partial charge on any atom is -0.495 e. The van der Waals surface area contributed by atoms with Crippen LogP contribution in [-0.2, 0) is 10.1 Å². The zero-order chi connectivity index (χ0) is 19.2. The van der Waals surface area contributed by atoms with Crippen LogP contribution in [0.5, 0.6) is 11.5 Å². The van der Waals surface area contributed by atoms with Gasteiger partial charge in [-0.25, -0.2) is 0 Å². The first-order valence-electron chi connectivity index (χ1n) is 8.16. The van der Waals surface area contributed by atoms with Crippen molar-refractivity contribution in [2.75, 3.05) is 27.3 Å². The van der Waals surface area contributed by atoms with Crippen molar-refractivity contribution in [1.82, 2.24) is 9.88 Å². The fourth-order valence-corrected chi connectivity index (χ4v) is 2.75. The normalized spacial score (nSPS) is 16.8. The highest BCUT2D eigenvalue weighted by molar-refractivity contribution is 7.85. The van der Waals surface area contributed by atoms with E-state index < -0.39 is 10.1 Å². The Kier molecular flexibility index (Phi) is 6.96. The summed E-state index contributed by atoms with van der Waals surface area (Å²) < 4.78 is 40.3. The fourth-order valence-electron chi connectivity index (χ4n) is 2.27. The molecule has 1 atom stereocenters. The summed E-state index contributed by atoms with van der Waals surface area (Å²) in [5.41, 5.74) is 0.956. The van der Waals surface area contributed by atoms with Crippen LogP contribution in [0, 0.1) is 6.92 Å². The third kappa shape index (κ3) is 5.98. The molecule has 0 bridgehead atoms. The van der Waals surface area contributed by atoms with E-state index in [1.54, 1.807) is 31.6 Å². The lowest BCUT2D eigenvalue weighted by molar-refractivity contribution is 0.0766. The van der Waals surface area contributed by atoms with Gasteiger partial charge in [0.1, 0.15) is 18.1 Å². The van der Waals surface area contributed by atoms with Gasteiger partial charge in [-0.05, 0) is 39.1 Å². The summed E-state index contributed by atoms with van der Waals surface area (Å²) in [6.45, 7) is 3.74. The predicted molar refractivity (Wildman–Crippen MR) is 98.3 cm³/mol. The van der Waals surface area contributed by atoms with Crippen LogP contribution in [0.25, 0.3) is 0 Å². The SMILES string of the molecule is COc1cncc(OC[C@@H]2CCN2C)c1.Cc1ccc(S(=O)(=O)O)cc1. The number of benzene rings is 1. The highest BCUT2D eigenvalue weighted by Gasteiger charge is 2.24. The molecule has 1 aromatic heterocycles. The summed E-state index contributed by atoms with van der Waals surface area (Å²) in [4.78, 5) is 6.25. The quantitative estimate of drug-likeness (QED) is 0.797. The van der Waals surface area contributed by atoms with Crippen LogP contribution in [0.15, 0.2) is 47.6 Å². The third-order valence-corrected chi connectivity index (χ3v) is 4.99. The van der Waals surface area contributed by atoms with Crippen LogP contribution < -0.4 is 9.47 Å². The summed E-state index contributed by atoms with van der Waals surface area (Å²) in [6.07, 6.45) is 4.59. The van der Waals surface area contributed by atoms with Crippen LogP contribution >= 0.6 is 0 Å². The van der Waals surface area contributed by atoms with Crippen LogP contribution in [0.3, 0.4) is 0 Å². The molecular weight excluding hydrogens is 356 g/mol. The van der Waals surface area contributed by atoms with Gasteiger partial charge in [0.2, 0.25) is 0 Å². The largest absolute Gasteiger partial charge is 0.495 e. The molecule has 1 fully saturated rings. The number of methoxy groups -OCH3 is 1. The number of rotatable bonds is 5. The Labute approximate surface area is 154 Å². The van der Waals surface area contributed by atoms with Crippen molar-refractivity contribution >= 4 is 10.1 Å². The Hall–Kier alpha value is -2.16. The van der Waals surface area contributed by atoms with Gasteiger partial charge in [0.25, 0.3) is 10.1 Å². The van der Waals surface area contributed by atoms with E-state index in [-0.39, 0.29) is 4.90 Å². The van der Waals surface area contributed by atoms with E-state index >= 15 is 0 Å². The van der Waals surface area contributed by atoms with Crippen molar-refractivity contribution in [2.45, 2.75) is 24.3 Å². The minimum absolute atomic E-state index is 0.0666. The number of nitrogens with zero attached hydrogens (tertiary/aromatic N) is 2. The molecule has 26 heavy (non-hydrogen) atoms. The average Bonchev–Trinajstić information content (AvgIpc) is 2.61. The maximum absolute atomic E-state index is 10.5. The lowest BCUT2D eigenvalue weighted by Crippen LogP contribution is -2.48. The Morgan fingerprint density at radius 2 is 1.88 bits per heavy atom. The van der Waals surface area contributed by atoms with Crippen molar-refractivity contribution in [3.05, 3.63) is 48.3 Å². The molecule has 0 unspecified atom stereocenters. The topological polar surface area (TPSA) is 89.0 Å². The van der Waals surface area contributed by atoms with E-state index in [2.05, 4.69) is 16.9 Å². The first kappa shape index (κ1) is 20.2. The molecule has 7 nitrogen and oxygen atoms in total. The number of ether oxygens (including phenoxy) is 2. The molecule has 2 aromatic rings. The maximum Gasteiger partial charge on any atom is 0.294 e. The Morgan fingerprint density at radius 3 is 2.38 bits per heavy atom. The molecule has 0 amide bonds. The second-order valence-electron chi connectivity index (χ2n) is 6.08. The molecule has 0 radical (unpaired) electrons. The lowest BCUT2D eigenvalue weighted by atomic mass is 10.1. The van der Waals surface area contributed by atoms with Gasteiger partial charge in [-0.1, -0.05) is 17.7 Å². The third-order valence-electron chi connectivity index (χ3n) is 4.12. The van der Waals surface area contributed by atoms with Crippen molar-refractivity contribution in [3.63, 3.8) is 0 Å². The summed E-state index contributed by atoms with van der Waals surface area (Å²) in [6, 6.07) is 8.39. The van der Waals surface area contributed by atoms with Gasteiger partial charge in [0.15, 0.2) is 0 Å². The molecule has 2 heterocycles. The van der Waals surface area contributed by atoms with E-state index in [0.29, 0.717) is 6.04 Å². The summed E-state index contributed by atoms with van der Waals surface area (Å²) in [7, 11) is -0.282. The van der Waals surface area contributed by atoms with Crippen LogP contribution in [0.1, 0.15) is 12.0 Å². The molecule has 1 N–H and O–H groups in total. The van der Waals surface area contributed by atoms with Gasteiger partial charge in [0, 0.05) is 12.1 Å². The van der Waals surface area contributed by atoms with E-state index in [1.807, 2.05) is 13.0 Å². The number of aryl methyl sites for hydroxylation is 1. The smallest absolute Gasteiger partial charge is 0.294 e. The van der Waals surface area contributed by atoms with Crippen molar-refractivity contribution in [2.24, 2.45) is 0 Å². The molecule has 8 heteroatoms. The number of likely N-dealkylation sites (tertiary alicyclic amines) is 1. The number of pyridine rings is 1. The van der Waals surface area contributed by atoms with E-state index in [0.717, 1.165) is 23.7 Å². The molecule has 3 rings (SSSR count). The number of likely N-dealkylation sites (N-methyl/N-ethyl adjacent to an activating group) is 1. The average molecular weight is 380 g/mol. The Balaban J connectivity index is 0.000000197. The van der Waals surface area contributed by atoms with Gasteiger partial charge >= 0.3 is 0 Å². The highest BCUT2D eigenvalue weighted by Crippen LogP contribution is 2.19. The Bertz CT molecular complexity index is 809. The molecule has 0 saturated carbocycles. The lowest BCUT2D eigenvalue weighted by Gasteiger charge is -2.37. The first-order valence-corrected chi connectivity index (χ1v) is 9.60. The standard InChI is InChI=1S/C11H16N2O2.C7H8O3S/c1-13-4-3-9(13)8-15-11-5-10(14-2)6-12-7-11;1-6-2-4-7(5-3-6)11(8,9)10/h5-7,9H,3-4,8H2,1-2H3;2-5H,1H3,(H,8,9,10)/t9-;/m0./s1.